The highest BCUT2D eigenvalue weighted by Gasteiger charge is 2.45. The summed E-state index contributed by atoms with van der Waals surface area (Å²) in [5, 5.41) is 24.2. The zero-order valence-electron chi connectivity index (χ0n) is 33.2. The minimum Gasteiger partial charge on any atom is -0.481 e. The maximum atomic E-state index is 11.2. The van der Waals surface area contributed by atoms with Crippen molar-refractivity contribution in [2.24, 2.45) is 0 Å². The third kappa shape index (κ3) is 7.61. The Morgan fingerprint density at radius 1 is 0.714 bits per heavy atom. The van der Waals surface area contributed by atoms with Crippen LogP contribution >= 0.6 is 11.6 Å². The summed E-state index contributed by atoms with van der Waals surface area (Å²) in [6, 6.07) is 26.1. The van der Waals surface area contributed by atoms with E-state index in [0.717, 1.165) is 67.8 Å². The number of aliphatic carboxylic acids is 2. The van der Waals surface area contributed by atoms with E-state index in [1.165, 1.54) is 55.5 Å². The molecular formula is C49H54ClN2O4+. The molecule has 2 heterocycles. The van der Waals surface area contributed by atoms with Crippen LogP contribution < -0.4 is 4.90 Å². The molecule has 2 N–H and O–H groups in total. The molecule has 2 aliphatic heterocycles. The molecule has 7 heteroatoms. The lowest BCUT2D eigenvalue weighted by molar-refractivity contribution is -0.438. The topological polar surface area (TPSA) is 80.9 Å². The van der Waals surface area contributed by atoms with E-state index in [4.69, 9.17) is 11.6 Å². The second-order valence-corrected chi connectivity index (χ2v) is 17.0. The van der Waals surface area contributed by atoms with Crippen LogP contribution in [0.4, 0.5) is 11.4 Å². The maximum absolute atomic E-state index is 11.2. The molecule has 0 spiro atoms. The number of hydrogen-bond donors (Lipinski definition) is 2. The largest absolute Gasteiger partial charge is 0.481 e. The second-order valence-electron chi connectivity index (χ2n) is 16.6. The van der Waals surface area contributed by atoms with Gasteiger partial charge in [0.1, 0.15) is 6.54 Å². The van der Waals surface area contributed by atoms with Crippen molar-refractivity contribution in [3.05, 3.63) is 130 Å². The van der Waals surface area contributed by atoms with Crippen LogP contribution in [0.5, 0.6) is 0 Å². The molecule has 56 heavy (non-hydrogen) atoms. The molecule has 0 fully saturated rings. The van der Waals surface area contributed by atoms with Gasteiger partial charge in [-0.1, -0.05) is 98.6 Å². The van der Waals surface area contributed by atoms with Crippen LogP contribution in [0, 0.1) is 0 Å². The highest BCUT2D eigenvalue weighted by Crippen LogP contribution is 2.51. The molecule has 290 valence electrons. The Morgan fingerprint density at radius 2 is 1.34 bits per heavy atom. The number of allylic oxidation sites excluding steroid dienone is 8. The lowest BCUT2D eigenvalue weighted by Gasteiger charge is -2.27. The fourth-order valence-electron chi connectivity index (χ4n) is 9.37. The van der Waals surface area contributed by atoms with E-state index in [1.807, 2.05) is 0 Å². The average molecular weight is 770 g/mol. The van der Waals surface area contributed by atoms with Gasteiger partial charge in [-0.25, -0.2) is 0 Å². The number of halogens is 1. The second kappa shape index (κ2) is 16.3. The fourth-order valence-corrected chi connectivity index (χ4v) is 9.68. The van der Waals surface area contributed by atoms with Gasteiger partial charge in [-0.15, -0.1) is 0 Å². The zero-order chi connectivity index (χ0) is 39.6. The number of carbonyl (C=O) groups is 2. The standard InChI is InChI=1S/C49H53ClN2O4/c1-48(2)41(51(31-13-5-7-19-43(53)54)39-27-23-33-15-9-11-17-37(33)45(39)48)29-25-35-21-22-36(47(35)50)26-30-42-49(3,4)46-38-18-12-10-16-34(38)24-28-40(46)52(42)32-14-6-8-20-44(55)56/h9-12,15-18,23-30H,5-8,13-14,19-22,31-32H2,1-4H3,(H-,53,54,55,56)/p+1. The minimum absolute atomic E-state index is 0.205. The maximum Gasteiger partial charge on any atom is 0.303 e. The minimum atomic E-state index is -0.737. The van der Waals surface area contributed by atoms with E-state index in [2.05, 4.69) is 134 Å². The molecule has 0 bridgehead atoms. The summed E-state index contributed by atoms with van der Waals surface area (Å²) in [6.45, 7) is 10.9. The normalized spacial score (nSPS) is 18.7. The monoisotopic (exact) mass is 769 g/mol. The van der Waals surface area contributed by atoms with E-state index >= 15 is 0 Å². The van der Waals surface area contributed by atoms with E-state index in [9.17, 15) is 19.8 Å². The first-order valence-corrected chi connectivity index (χ1v) is 20.7. The van der Waals surface area contributed by atoms with Crippen LogP contribution in [0.2, 0.25) is 0 Å². The number of unbranched alkanes of at least 4 members (excludes halogenated alkanes) is 4. The van der Waals surface area contributed by atoms with Crippen molar-refractivity contribution in [1.82, 2.24) is 0 Å². The Hall–Kier alpha value is -4.94. The molecule has 3 aliphatic rings. The first-order chi connectivity index (χ1) is 26.9. The van der Waals surface area contributed by atoms with Gasteiger partial charge < -0.3 is 15.1 Å². The SMILES string of the molecule is CC1(C)C(/C=C/C2=C(Cl)C(=C/C=C3/N(CCCCCC(=O)O)c4ccc5ccccc5c4C3(C)C)/CC2)=[N+](CCCCCC(=O)O)c2ccc3ccccc3c21. The Morgan fingerprint density at radius 3 is 2.02 bits per heavy atom. The van der Waals surface area contributed by atoms with Crippen molar-refractivity contribution >= 4 is 62.2 Å². The van der Waals surface area contributed by atoms with Crippen LogP contribution in [0.1, 0.15) is 103 Å². The van der Waals surface area contributed by atoms with Crippen molar-refractivity contribution in [2.75, 3.05) is 18.0 Å². The van der Waals surface area contributed by atoms with Gasteiger partial charge in [-0.2, -0.15) is 4.58 Å². The van der Waals surface area contributed by atoms with Gasteiger partial charge >= 0.3 is 11.9 Å². The van der Waals surface area contributed by atoms with E-state index in [-0.39, 0.29) is 23.7 Å². The van der Waals surface area contributed by atoms with Gasteiger partial charge in [-0.3, -0.25) is 9.59 Å². The number of anilines is 1. The summed E-state index contributed by atoms with van der Waals surface area (Å²) in [7, 11) is 0. The molecule has 7 rings (SSSR count). The van der Waals surface area contributed by atoms with Crippen LogP contribution in [0.15, 0.2) is 119 Å². The molecule has 0 aromatic heterocycles. The van der Waals surface area contributed by atoms with Gasteiger partial charge in [0.2, 0.25) is 5.69 Å². The molecule has 4 aromatic carbocycles. The summed E-state index contributed by atoms with van der Waals surface area (Å²) < 4.78 is 2.45. The predicted octanol–water partition coefficient (Wildman–Crippen LogP) is 12.1. The molecule has 0 unspecified atom stereocenters. The molecule has 1 aliphatic carbocycles. The summed E-state index contributed by atoms with van der Waals surface area (Å²) in [6.07, 6.45) is 16.1. The smallest absolute Gasteiger partial charge is 0.303 e. The average Bonchev–Trinajstić information content (AvgIpc) is 3.71. The number of hydrogen-bond acceptors (Lipinski definition) is 3. The van der Waals surface area contributed by atoms with Crippen molar-refractivity contribution in [2.45, 2.75) is 103 Å². The third-order valence-corrected chi connectivity index (χ3v) is 12.7. The van der Waals surface area contributed by atoms with Crippen LogP contribution in [0.3, 0.4) is 0 Å². The Kier molecular flexibility index (Phi) is 11.4. The molecular weight excluding hydrogens is 716 g/mol. The quantitative estimate of drug-likeness (QED) is 0.0929. The fraction of sp³-hybridized carbons (Fsp3) is 0.367. The summed E-state index contributed by atoms with van der Waals surface area (Å²) >= 11 is 7.25. The summed E-state index contributed by atoms with van der Waals surface area (Å²) in [5.41, 5.74) is 9.37. The van der Waals surface area contributed by atoms with E-state index < -0.39 is 11.9 Å². The van der Waals surface area contributed by atoms with Crippen molar-refractivity contribution in [1.29, 1.82) is 0 Å². The first-order valence-electron chi connectivity index (χ1n) is 20.3. The molecule has 4 aromatic rings. The van der Waals surface area contributed by atoms with Crippen molar-refractivity contribution < 1.29 is 24.4 Å². The summed E-state index contributed by atoms with van der Waals surface area (Å²) in [4.78, 5) is 24.8. The van der Waals surface area contributed by atoms with Gasteiger partial charge in [0.25, 0.3) is 0 Å². The molecule has 0 amide bonds. The van der Waals surface area contributed by atoms with Crippen LogP contribution in [-0.4, -0.2) is 45.5 Å². The first kappa shape index (κ1) is 39.3. The van der Waals surface area contributed by atoms with E-state index in [1.54, 1.807) is 0 Å². The molecule has 0 radical (unpaired) electrons. The zero-order valence-corrected chi connectivity index (χ0v) is 34.0. The highest BCUT2D eigenvalue weighted by molar-refractivity contribution is 6.33. The molecule has 0 saturated carbocycles. The number of benzene rings is 4. The van der Waals surface area contributed by atoms with Crippen LogP contribution in [-0.2, 0) is 20.4 Å². The Bertz CT molecular complexity index is 2360. The number of rotatable bonds is 15. The van der Waals surface area contributed by atoms with E-state index in [0.29, 0.717) is 12.8 Å². The lowest BCUT2D eigenvalue weighted by Crippen LogP contribution is -2.28. The van der Waals surface area contributed by atoms with Crippen LogP contribution in [0.25, 0.3) is 21.5 Å². The molecule has 0 atom stereocenters. The lowest BCUT2D eigenvalue weighted by atomic mass is 9.79. The highest BCUT2D eigenvalue weighted by atomic mass is 35.5. The number of fused-ring (bicyclic) bond motifs is 6. The van der Waals surface area contributed by atoms with Gasteiger partial charge in [0.05, 0.1) is 5.41 Å². The number of nitrogens with zero attached hydrogens (tertiary/aromatic N) is 2. The molecule has 0 saturated heterocycles. The number of carboxylic acids is 2. The van der Waals surface area contributed by atoms with Gasteiger partial charge in [0.15, 0.2) is 5.71 Å². The summed E-state index contributed by atoms with van der Waals surface area (Å²) in [5.74, 6) is -1.47. The van der Waals surface area contributed by atoms with Crippen molar-refractivity contribution in [3.8, 4) is 0 Å². The third-order valence-electron chi connectivity index (χ3n) is 12.2. The van der Waals surface area contributed by atoms with Crippen molar-refractivity contribution in [3.63, 3.8) is 0 Å². The predicted molar refractivity (Wildman–Crippen MR) is 231 cm³/mol. The Balaban J connectivity index is 1.20. The van der Waals surface area contributed by atoms with Gasteiger partial charge in [-0.05, 0) is 109 Å². The Labute approximate surface area is 336 Å². The number of carboxylic acid groups (broad SMARTS) is 2. The van der Waals surface area contributed by atoms with Gasteiger partial charge in [0, 0.05) is 65.3 Å². The molecule has 6 nitrogen and oxygen atoms in total.